The number of amides is 1. The van der Waals surface area contributed by atoms with Crippen molar-refractivity contribution in [2.75, 3.05) is 24.6 Å². The molecular weight excluding hydrogens is 338 g/mol. The third kappa shape index (κ3) is 3.40. The van der Waals surface area contributed by atoms with Crippen LogP contribution in [0.25, 0.3) is 16.9 Å². The zero-order valence-electron chi connectivity index (χ0n) is 15.6. The molecule has 0 radical (unpaired) electrons. The smallest absolute Gasteiger partial charge is 0.252 e. The summed E-state index contributed by atoms with van der Waals surface area (Å²) in [5, 5.41) is 4.81. The molecule has 6 heteroatoms. The highest BCUT2D eigenvalue weighted by atomic mass is 16.1. The van der Waals surface area contributed by atoms with E-state index in [2.05, 4.69) is 46.2 Å². The van der Waals surface area contributed by atoms with E-state index < -0.39 is 5.91 Å². The summed E-state index contributed by atoms with van der Waals surface area (Å²) < 4.78 is 1.84. The van der Waals surface area contributed by atoms with Gasteiger partial charge in [-0.05, 0) is 44.0 Å². The van der Waals surface area contributed by atoms with E-state index in [0.717, 1.165) is 30.9 Å². The Kier molecular flexibility index (Phi) is 4.81. The molecule has 0 atom stereocenters. The number of piperidine rings is 1. The van der Waals surface area contributed by atoms with Crippen LogP contribution in [0.4, 0.5) is 5.69 Å². The van der Waals surface area contributed by atoms with Gasteiger partial charge in [0.1, 0.15) is 5.65 Å². The van der Waals surface area contributed by atoms with Crippen LogP contribution in [0.5, 0.6) is 0 Å². The van der Waals surface area contributed by atoms with Crippen molar-refractivity contribution in [1.29, 1.82) is 0 Å². The number of carbonyl (C=O) groups excluding carboxylic acids is 1. The first kappa shape index (κ1) is 17.5. The van der Waals surface area contributed by atoms with Crippen molar-refractivity contribution >= 4 is 17.2 Å². The summed E-state index contributed by atoms with van der Waals surface area (Å²) in [5.41, 5.74) is 9.54. The van der Waals surface area contributed by atoms with Crippen molar-refractivity contribution in [3.63, 3.8) is 0 Å². The zero-order valence-corrected chi connectivity index (χ0v) is 15.6. The Morgan fingerprint density at radius 1 is 1.15 bits per heavy atom. The minimum absolute atomic E-state index is 0.433. The van der Waals surface area contributed by atoms with E-state index in [1.165, 1.54) is 24.9 Å². The SMILES string of the molecule is CCN(c1ccc(-c2cn3cccc(C(N)=O)c3n2)cc1)N1CCCCC1. The molecule has 0 aliphatic carbocycles. The van der Waals surface area contributed by atoms with E-state index in [9.17, 15) is 4.79 Å². The Hall–Kier alpha value is -2.86. The summed E-state index contributed by atoms with van der Waals surface area (Å²) in [7, 11) is 0. The topological polar surface area (TPSA) is 66.9 Å². The molecule has 0 unspecified atom stereocenters. The molecular formula is C21H25N5O. The van der Waals surface area contributed by atoms with Crippen molar-refractivity contribution in [2.45, 2.75) is 26.2 Å². The first-order valence-electron chi connectivity index (χ1n) is 9.57. The van der Waals surface area contributed by atoms with Gasteiger partial charge < -0.3 is 15.1 Å². The average molecular weight is 363 g/mol. The van der Waals surface area contributed by atoms with Crippen LogP contribution in [-0.4, -0.2) is 39.9 Å². The number of imidazole rings is 1. The fourth-order valence-electron chi connectivity index (χ4n) is 3.81. The van der Waals surface area contributed by atoms with Crippen LogP contribution in [0.15, 0.2) is 48.8 Å². The number of nitrogens with zero attached hydrogens (tertiary/aromatic N) is 4. The van der Waals surface area contributed by atoms with E-state index in [-0.39, 0.29) is 0 Å². The molecule has 1 saturated heterocycles. The number of carbonyl (C=O) groups is 1. The summed E-state index contributed by atoms with van der Waals surface area (Å²) in [4.78, 5) is 16.2. The number of rotatable bonds is 5. The summed E-state index contributed by atoms with van der Waals surface area (Å²) in [5.74, 6) is -0.465. The number of pyridine rings is 1. The molecule has 2 aromatic heterocycles. The van der Waals surface area contributed by atoms with E-state index in [1.54, 1.807) is 12.1 Å². The second-order valence-corrected chi connectivity index (χ2v) is 6.92. The monoisotopic (exact) mass is 363 g/mol. The van der Waals surface area contributed by atoms with Crippen LogP contribution < -0.4 is 10.7 Å². The van der Waals surface area contributed by atoms with Gasteiger partial charge in [0.25, 0.3) is 5.91 Å². The average Bonchev–Trinajstić information content (AvgIpc) is 3.14. The number of aromatic nitrogens is 2. The lowest BCUT2D eigenvalue weighted by molar-refractivity contribution is 0.100. The molecule has 3 heterocycles. The number of fused-ring (bicyclic) bond motifs is 1. The molecule has 1 aromatic carbocycles. The second-order valence-electron chi connectivity index (χ2n) is 6.92. The van der Waals surface area contributed by atoms with Gasteiger partial charge in [-0.1, -0.05) is 18.6 Å². The van der Waals surface area contributed by atoms with Crippen LogP contribution in [0.1, 0.15) is 36.5 Å². The van der Waals surface area contributed by atoms with Crippen LogP contribution >= 0.6 is 0 Å². The molecule has 0 saturated carbocycles. The molecule has 1 aliphatic heterocycles. The van der Waals surface area contributed by atoms with Crippen molar-refractivity contribution in [2.24, 2.45) is 5.73 Å². The van der Waals surface area contributed by atoms with Crippen molar-refractivity contribution in [1.82, 2.24) is 14.4 Å². The number of hydrogen-bond acceptors (Lipinski definition) is 4. The largest absolute Gasteiger partial charge is 0.365 e. The number of hydrazine groups is 1. The molecule has 3 aromatic rings. The third-order valence-corrected chi connectivity index (χ3v) is 5.18. The molecule has 1 aliphatic rings. The summed E-state index contributed by atoms with van der Waals surface area (Å²) in [6.07, 6.45) is 7.66. The molecule has 1 amide bonds. The lowest BCUT2D eigenvalue weighted by Crippen LogP contribution is -2.45. The maximum Gasteiger partial charge on any atom is 0.252 e. The number of benzene rings is 1. The minimum atomic E-state index is -0.465. The van der Waals surface area contributed by atoms with Crippen LogP contribution in [-0.2, 0) is 0 Å². The molecule has 6 nitrogen and oxygen atoms in total. The zero-order chi connectivity index (χ0) is 18.8. The van der Waals surface area contributed by atoms with Crippen molar-refractivity contribution in [3.8, 4) is 11.3 Å². The van der Waals surface area contributed by atoms with Gasteiger partial charge in [-0.3, -0.25) is 4.79 Å². The highest BCUT2D eigenvalue weighted by molar-refractivity contribution is 5.98. The van der Waals surface area contributed by atoms with Crippen LogP contribution in [0.3, 0.4) is 0 Å². The van der Waals surface area contributed by atoms with Gasteiger partial charge in [0.15, 0.2) is 0 Å². The summed E-state index contributed by atoms with van der Waals surface area (Å²) in [6.45, 7) is 5.39. The van der Waals surface area contributed by atoms with Crippen molar-refractivity contribution in [3.05, 3.63) is 54.4 Å². The molecule has 0 bridgehead atoms. The van der Waals surface area contributed by atoms with Gasteiger partial charge in [0.05, 0.1) is 16.9 Å². The predicted molar refractivity (Wildman–Crippen MR) is 108 cm³/mol. The van der Waals surface area contributed by atoms with Gasteiger partial charge in [-0.25, -0.2) is 9.99 Å². The van der Waals surface area contributed by atoms with E-state index in [1.807, 2.05) is 16.8 Å². The van der Waals surface area contributed by atoms with E-state index in [0.29, 0.717) is 11.2 Å². The van der Waals surface area contributed by atoms with E-state index >= 15 is 0 Å². The lowest BCUT2D eigenvalue weighted by Gasteiger charge is -2.38. The first-order chi connectivity index (χ1) is 13.2. The molecule has 4 rings (SSSR count). The van der Waals surface area contributed by atoms with Gasteiger partial charge in [-0.2, -0.15) is 0 Å². The standard InChI is InChI=1S/C21H25N5O/c1-2-26(25-13-4-3-5-14-25)17-10-8-16(9-11-17)19-15-24-12-6-7-18(20(22)27)21(24)23-19/h6-12,15H,2-5,13-14H2,1H3,(H2,22,27). The van der Waals surface area contributed by atoms with Gasteiger partial charge in [0.2, 0.25) is 0 Å². The molecule has 140 valence electrons. The second kappa shape index (κ2) is 7.40. The molecule has 0 spiro atoms. The number of anilines is 1. The first-order valence-corrected chi connectivity index (χ1v) is 9.57. The Bertz CT molecular complexity index is 941. The maximum absolute atomic E-state index is 11.6. The predicted octanol–water partition coefficient (Wildman–Crippen LogP) is 3.33. The third-order valence-electron chi connectivity index (χ3n) is 5.18. The molecule has 2 N–H and O–H groups in total. The fraction of sp³-hybridized carbons (Fsp3) is 0.333. The lowest BCUT2D eigenvalue weighted by atomic mass is 10.1. The molecule has 27 heavy (non-hydrogen) atoms. The normalized spacial score (nSPS) is 15.1. The Morgan fingerprint density at radius 2 is 1.89 bits per heavy atom. The van der Waals surface area contributed by atoms with Crippen LogP contribution in [0, 0.1) is 0 Å². The summed E-state index contributed by atoms with van der Waals surface area (Å²) in [6, 6.07) is 12.0. The highest BCUT2D eigenvalue weighted by Gasteiger charge is 2.17. The Balaban J connectivity index is 1.63. The summed E-state index contributed by atoms with van der Waals surface area (Å²) >= 11 is 0. The van der Waals surface area contributed by atoms with Gasteiger partial charge in [0, 0.05) is 37.6 Å². The number of hydrogen-bond donors (Lipinski definition) is 1. The molecule has 1 fully saturated rings. The van der Waals surface area contributed by atoms with Crippen molar-refractivity contribution < 1.29 is 4.79 Å². The number of primary amides is 1. The minimum Gasteiger partial charge on any atom is -0.365 e. The quantitative estimate of drug-likeness (QED) is 0.755. The highest BCUT2D eigenvalue weighted by Crippen LogP contribution is 2.25. The number of nitrogens with two attached hydrogens (primary N) is 1. The van der Waals surface area contributed by atoms with Gasteiger partial charge >= 0.3 is 0 Å². The Morgan fingerprint density at radius 3 is 2.56 bits per heavy atom. The fourth-order valence-corrected chi connectivity index (χ4v) is 3.81. The maximum atomic E-state index is 11.6. The van der Waals surface area contributed by atoms with E-state index in [4.69, 9.17) is 5.73 Å². The van der Waals surface area contributed by atoms with Crippen LogP contribution in [0.2, 0.25) is 0 Å². The Labute approximate surface area is 159 Å². The van der Waals surface area contributed by atoms with Gasteiger partial charge in [-0.15, -0.1) is 0 Å².